The molecule has 0 aromatic heterocycles. The van der Waals surface area contributed by atoms with E-state index in [1.807, 2.05) is 30.3 Å². The molecule has 0 bridgehead atoms. The van der Waals surface area contributed by atoms with Gasteiger partial charge in [-0.05, 0) is 12.1 Å². The molecule has 0 aliphatic carbocycles. The van der Waals surface area contributed by atoms with Crippen molar-refractivity contribution in [1.82, 2.24) is 0 Å². The Morgan fingerprint density at radius 3 is 2.79 bits per heavy atom. The number of hydrogen-bond donors (Lipinski definition) is 0. The van der Waals surface area contributed by atoms with Gasteiger partial charge in [0.05, 0.1) is 6.26 Å². The molecule has 1 aliphatic rings. The third-order valence-electron chi connectivity index (χ3n) is 1.92. The van der Waals surface area contributed by atoms with Crippen LogP contribution in [-0.4, -0.2) is 17.6 Å². The first-order valence-corrected chi connectivity index (χ1v) is 5.28. The fourth-order valence-electron chi connectivity index (χ4n) is 1.20. The van der Waals surface area contributed by atoms with Crippen LogP contribution in [0.5, 0.6) is 0 Å². The third kappa shape index (κ3) is 2.17. The van der Waals surface area contributed by atoms with Crippen molar-refractivity contribution in [3.8, 4) is 0 Å². The highest BCUT2D eigenvalue weighted by molar-refractivity contribution is 8.00. The molecular formula is C11H10O2S. The lowest BCUT2D eigenvalue weighted by atomic mass is 10.2. The summed E-state index contributed by atoms with van der Waals surface area (Å²) in [6, 6.07) is 9.88. The quantitative estimate of drug-likeness (QED) is 0.742. The minimum Gasteiger partial charge on any atom is -0.499 e. The first-order valence-electron chi connectivity index (χ1n) is 4.40. The van der Waals surface area contributed by atoms with Crippen molar-refractivity contribution >= 4 is 17.5 Å². The second-order valence-corrected chi connectivity index (χ2v) is 4.23. The van der Waals surface area contributed by atoms with Crippen molar-refractivity contribution in [2.24, 2.45) is 0 Å². The van der Waals surface area contributed by atoms with E-state index in [9.17, 15) is 4.79 Å². The molecule has 0 saturated carbocycles. The molecule has 14 heavy (non-hydrogen) atoms. The van der Waals surface area contributed by atoms with Gasteiger partial charge >= 0.3 is 0 Å². The average molecular weight is 206 g/mol. The minimum absolute atomic E-state index is 0.0950. The zero-order valence-electron chi connectivity index (χ0n) is 7.55. The Balaban J connectivity index is 2.04. The maximum atomic E-state index is 11.4. The van der Waals surface area contributed by atoms with Gasteiger partial charge in [-0.1, -0.05) is 18.2 Å². The van der Waals surface area contributed by atoms with Crippen LogP contribution in [0.1, 0.15) is 0 Å². The first-order chi connectivity index (χ1) is 6.86. The Hall–Kier alpha value is -1.22. The number of rotatable bonds is 2. The van der Waals surface area contributed by atoms with Gasteiger partial charge in [-0.25, -0.2) is 0 Å². The predicted octanol–water partition coefficient (Wildman–Crippen LogP) is 2.26. The molecule has 0 N–H and O–H groups in total. The fourth-order valence-corrected chi connectivity index (χ4v) is 2.19. The molecule has 1 atom stereocenters. The van der Waals surface area contributed by atoms with E-state index in [1.54, 1.807) is 11.8 Å². The fraction of sp³-hybridized carbons (Fsp3) is 0.182. The molecule has 0 spiro atoms. The van der Waals surface area contributed by atoms with Gasteiger partial charge in [0.15, 0.2) is 5.78 Å². The number of carbonyl (C=O) groups is 1. The predicted molar refractivity (Wildman–Crippen MR) is 56.2 cm³/mol. The Morgan fingerprint density at radius 1 is 1.29 bits per heavy atom. The number of carbonyl (C=O) groups excluding carboxylic acids is 1. The SMILES string of the molecule is O=C1C=COCC1Sc1ccccc1. The van der Waals surface area contributed by atoms with Crippen LogP contribution in [0.2, 0.25) is 0 Å². The standard InChI is InChI=1S/C11H10O2S/c12-10-6-7-13-8-11(10)14-9-4-2-1-3-5-9/h1-7,11H,8H2. The van der Waals surface area contributed by atoms with E-state index in [2.05, 4.69) is 0 Å². The highest BCUT2D eigenvalue weighted by Crippen LogP contribution is 2.25. The minimum atomic E-state index is -0.0950. The van der Waals surface area contributed by atoms with Crippen molar-refractivity contribution in [3.63, 3.8) is 0 Å². The summed E-state index contributed by atoms with van der Waals surface area (Å²) in [6.07, 6.45) is 2.95. The Morgan fingerprint density at radius 2 is 2.07 bits per heavy atom. The molecule has 1 aromatic carbocycles. The molecule has 1 heterocycles. The summed E-state index contributed by atoms with van der Waals surface area (Å²) in [5.41, 5.74) is 0. The second kappa shape index (κ2) is 4.33. The van der Waals surface area contributed by atoms with Crippen molar-refractivity contribution in [2.45, 2.75) is 10.1 Å². The number of ether oxygens (including phenoxy) is 1. The summed E-state index contributed by atoms with van der Waals surface area (Å²) in [4.78, 5) is 12.5. The van der Waals surface area contributed by atoms with Crippen LogP contribution in [-0.2, 0) is 9.53 Å². The summed E-state index contributed by atoms with van der Waals surface area (Å²) in [5, 5.41) is -0.0950. The highest BCUT2D eigenvalue weighted by Gasteiger charge is 2.20. The maximum Gasteiger partial charge on any atom is 0.175 e. The normalized spacial score (nSPS) is 20.6. The number of thioether (sulfide) groups is 1. The molecule has 1 aliphatic heterocycles. The number of benzene rings is 1. The molecule has 0 radical (unpaired) electrons. The summed E-state index contributed by atoms with van der Waals surface area (Å²) < 4.78 is 5.10. The number of hydrogen-bond acceptors (Lipinski definition) is 3. The first kappa shape index (κ1) is 9.34. The smallest absolute Gasteiger partial charge is 0.175 e. The molecule has 0 amide bonds. The van der Waals surface area contributed by atoms with Crippen LogP contribution in [0.25, 0.3) is 0 Å². The van der Waals surface area contributed by atoms with Gasteiger partial charge in [-0.2, -0.15) is 0 Å². The van der Waals surface area contributed by atoms with Gasteiger partial charge in [-0.15, -0.1) is 11.8 Å². The summed E-state index contributed by atoms with van der Waals surface area (Å²) in [7, 11) is 0. The maximum absolute atomic E-state index is 11.4. The highest BCUT2D eigenvalue weighted by atomic mass is 32.2. The lowest BCUT2D eigenvalue weighted by Gasteiger charge is -2.16. The van der Waals surface area contributed by atoms with Crippen LogP contribution in [0.3, 0.4) is 0 Å². The van der Waals surface area contributed by atoms with Crippen molar-refractivity contribution < 1.29 is 9.53 Å². The monoisotopic (exact) mass is 206 g/mol. The molecule has 0 saturated heterocycles. The van der Waals surface area contributed by atoms with Gasteiger partial charge in [-0.3, -0.25) is 4.79 Å². The van der Waals surface area contributed by atoms with Gasteiger partial charge in [0.2, 0.25) is 0 Å². The molecule has 2 nitrogen and oxygen atoms in total. The van der Waals surface area contributed by atoms with Crippen LogP contribution < -0.4 is 0 Å². The van der Waals surface area contributed by atoms with E-state index in [4.69, 9.17) is 4.74 Å². The molecule has 0 fully saturated rings. The summed E-state index contributed by atoms with van der Waals surface area (Å²) in [6.45, 7) is 0.467. The van der Waals surface area contributed by atoms with Gasteiger partial charge < -0.3 is 4.74 Å². The van der Waals surface area contributed by atoms with Crippen LogP contribution >= 0.6 is 11.8 Å². The zero-order chi connectivity index (χ0) is 9.80. The van der Waals surface area contributed by atoms with Gasteiger partial charge in [0.1, 0.15) is 11.9 Å². The van der Waals surface area contributed by atoms with Crippen LogP contribution in [0.15, 0.2) is 47.6 Å². The van der Waals surface area contributed by atoms with E-state index in [0.717, 1.165) is 4.90 Å². The Labute approximate surface area is 87.0 Å². The largest absolute Gasteiger partial charge is 0.499 e. The van der Waals surface area contributed by atoms with E-state index in [1.165, 1.54) is 12.3 Å². The van der Waals surface area contributed by atoms with Gasteiger partial charge in [0, 0.05) is 11.0 Å². The molecule has 72 valence electrons. The average Bonchev–Trinajstić information content (AvgIpc) is 2.23. The molecule has 1 aromatic rings. The second-order valence-electron chi connectivity index (χ2n) is 2.96. The van der Waals surface area contributed by atoms with Crippen molar-refractivity contribution in [1.29, 1.82) is 0 Å². The lowest BCUT2D eigenvalue weighted by molar-refractivity contribution is -0.115. The van der Waals surface area contributed by atoms with E-state index in [0.29, 0.717) is 6.61 Å². The third-order valence-corrected chi connectivity index (χ3v) is 3.11. The van der Waals surface area contributed by atoms with Crippen LogP contribution in [0, 0.1) is 0 Å². The van der Waals surface area contributed by atoms with Crippen LogP contribution in [0.4, 0.5) is 0 Å². The topological polar surface area (TPSA) is 26.3 Å². The Bertz CT molecular complexity index is 346. The van der Waals surface area contributed by atoms with E-state index in [-0.39, 0.29) is 11.0 Å². The zero-order valence-corrected chi connectivity index (χ0v) is 8.37. The number of ketones is 1. The molecule has 3 heteroatoms. The molecular weight excluding hydrogens is 196 g/mol. The Kier molecular flexibility index (Phi) is 2.89. The van der Waals surface area contributed by atoms with E-state index < -0.39 is 0 Å². The lowest BCUT2D eigenvalue weighted by Crippen LogP contribution is -2.23. The van der Waals surface area contributed by atoms with Gasteiger partial charge in [0.25, 0.3) is 0 Å². The molecule has 2 rings (SSSR count). The van der Waals surface area contributed by atoms with E-state index >= 15 is 0 Å². The van der Waals surface area contributed by atoms with Crippen molar-refractivity contribution in [2.75, 3.05) is 6.61 Å². The van der Waals surface area contributed by atoms with Crippen molar-refractivity contribution in [3.05, 3.63) is 42.7 Å². The number of allylic oxidation sites excluding steroid dienone is 1. The summed E-state index contributed by atoms with van der Waals surface area (Å²) >= 11 is 1.55. The molecule has 1 unspecified atom stereocenters. The summed E-state index contributed by atoms with van der Waals surface area (Å²) in [5.74, 6) is 0.130.